The van der Waals surface area contributed by atoms with Gasteiger partial charge in [0.15, 0.2) is 0 Å². The molecule has 0 atom stereocenters. The first-order valence-corrected chi connectivity index (χ1v) is 9.73. The zero-order valence-electron chi connectivity index (χ0n) is 16.7. The van der Waals surface area contributed by atoms with Gasteiger partial charge in [-0.1, -0.05) is 43.7 Å². The summed E-state index contributed by atoms with van der Waals surface area (Å²) in [6, 6.07) is 21.4. The molecule has 3 aromatic rings. The van der Waals surface area contributed by atoms with Crippen molar-refractivity contribution in [3.05, 3.63) is 77.4 Å². The number of hydrogen-bond acceptors (Lipinski definition) is 3. The van der Waals surface area contributed by atoms with E-state index in [9.17, 15) is 10.1 Å². The highest BCUT2D eigenvalue weighted by Gasteiger charge is 2.10. The number of fused-ring (bicyclic) bond motifs is 1. The van der Waals surface area contributed by atoms with E-state index in [4.69, 9.17) is 4.74 Å². The summed E-state index contributed by atoms with van der Waals surface area (Å²) in [7, 11) is 1.63. The number of nitriles is 1. The topological polar surface area (TPSA) is 62.1 Å². The summed E-state index contributed by atoms with van der Waals surface area (Å²) in [5, 5.41) is 14.3. The van der Waals surface area contributed by atoms with Gasteiger partial charge in [0.1, 0.15) is 17.4 Å². The molecule has 4 heteroatoms. The maximum atomic E-state index is 12.5. The number of amides is 1. The normalized spacial score (nSPS) is 11.1. The van der Waals surface area contributed by atoms with Crippen LogP contribution in [-0.2, 0) is 11.2 Å². The Morgan fingerprint density at radius 2 is 1.79 bits per heavy atom. The van der Waals surface area contributed by atoms with Gasteiger partial charge in [0.05, 0.1) is 7.11 Å². The standard InChI is InChI=1S/C25H24N2O2/c1-3-4-5-18-7-11-23(12-8-18)27-25(28)22(17-26)15-19-6-9-21-16-24(29-2)13-10-20(21)14-19/h6-16H,3-5H2,1-2H3,(H,27,28)/b22-15+. The molecule has 0 bridgehead atoms. The molecular formula is C25H24N2O2. The Balaban J connectivity index is 1.76. The van der Waals surface area contributed by atoms with E-state index in [1.165, 1.54) is 5.56 Å². The molecule has 3 rings (SSSR count). The van der Waals surface area contributed by atoms with Gasteiger partial charge in [-0.25, -0.2) is 0 Å². The van der Waals surface area contributed by atoms with Gasteiger partial charge < -0.3 is 10.1 Å². The largest absolute Gasteiger partial charge is 0.497 e. The van der Waals surface area contributed by atoms with Crippen LogP contribution in [-0.4, -0.2) is 13.0 Å². The molecule has 1 N–H and O–H groups in total. The van der Waals surface area contributed by atoms with Gasteiger partial charge in [0, 0.05) is 5.69 Å². The average Bonchev–Trinajstić information content (AvgIpc) is 2.76. The summed E-state index contributed by atoms with van der Waals surface area (Å²) in [6.07, 6.45) is 4.93. The van der Waals surface area contributed by atoms with Crippen molar-refractivity contribution in [2.75, 3.05) is 12.4 Å². The summed E-state index contributed by atoms with van der Waals surface area (Å²) < 4.78 is 5.24. The Morgan fingerprint density at radius 3 is 2.48 bits per heavy atom. The zero-order valence-corrected chi connectivity index (χ0v) is 16.7. The Hall–Kier alpha value is -3.58. The Bertz CT molecular complexity index is 1080. The number of aryl methyl sites for hydroxylation is 1. The molecule has 0 spiro atoms. The van der Waals surface area contributed by atoms with Crippen molar-refractivity contribution >= 4 is 28.4 Å². The van der Waals surface area contributed by atoms with E-state index in [2.05, 4.69) is 12.2 Å². The molecule has 1 amide bonds. The van der Waals surface area contributed by atoms with Crippen molar-refractivity contribution in [2.45, 2.75) is 26.2 Å². The number of methoxy groups -OCH3 is 1. The Labute approximate surface area is 171 Å². The van der Waals surface area contributed by atoms with Crippen molar-refractivity contribution in [3.63, 3.8) is 0 Å². The fraction of sp³-hybridized carbons (Fsp3) is 0.200. The highest BCUT2D eigenvalue weighted by molar-refractivity contribution is 6.09. The number of nitrogens with one attached hydrogen (secondary N) is 1. The maximum Gasteiger partial charge on any atom is 0.266 e. The van der Waals surface area contributed by atoms with E-state index in [-0.39, 0.29) is 5.57 Å². The molecule has 0 heterocycles. The van der Waals surface area contributed by atoms with Crippen molar-refractivity contribution < 1.29 is 9.53 Å². The molecule has 29 heavy (non-hydrogen) atoms. The molecule has 0 fully saturated rings. The molecule has 0 unspecified atom stereocenters. The first-order chi connectivity index (χ1) is 14.1. The smallest absolute Gasteiger partial charge is 0.266 e. The highest BCUT2D eigenvalue weighted by atomic mass is 16.5. The van der Waals surface area contributed by atoms with Crippen LogP contribution in [0.2, 0.25) is 0 Å². The maximum absolute atomic E-state index is 12.5. The lowest BCUT2D eigenvalue weighted by Crippen LogP contribution is -2.13. The van der Waals surface area contributed by atoms with Gasteiger partial charge in [0.2, 0.25) is 0 Å². The fourth-order valence-electron chi connectivity index (χ4n) is 3.11. The predicted molar refractivity (Wildman–Crippen MR) is 118 cm³/mol. The van der Waals surface area contributed by atoms with Crippen LogP contribution in [0.25, 0.3) is 16.8 Å². The monoisotopic (exact) mass is 384 g/mol. The highest BCUT2D eigenvalue weighted by Crippen LogP contribution is 2.23. The number of hydrogen-bond donors (Lipinski definition) is 1. The average molecular weight is 384 g/mol. The third-order valence-electron chi connectivity index (χ3n) is 4.78. The van der Waals surface area contributed by atoms with Crippen molar-refractivity contribution in [1.82, 2.24) is 0 Å². The number of rotatable bonds is 7. The second kappa shape index (κ2) is 9.57. The van der Waals surface area contributed by atoms with Crippen molar-refractivity contribution in [1.29, 1.82) is 5.26 Å². The van der Waals surface area contributed by atoms with Crippen LogP contribution in [0.3, 0.4) is 0 Å². The van der Waals surface area contributed by atoms with E-state index in [1.54, 1.807) is 13.2 Å². The number of unbranched alkanes of at least 4 members (excludes halogenated alkanes) is 1. The minimum atomic E-state index is -0.413. The van der Waals surface area contributed by atoms with Gasteiger partial charge in [-0.05, 0) is 71.1 Å². The first-order valence-electron chi connectivity index (χ1n) is 9.73. The minimum Gasteiger partial charge on any atom is -0.497 e. The van der Waals surface area contributed by atoms with Crippen LogP contribution in [0.1, 0.15) is 30.9 Å². The van der Waals surface area contributed by atoms with Crippen LogP contribution < -0.4 is 10.1 Å². The summed E-state index contributed by atoms with van der Waals surface area (Å²) in [5.41, 5.74) is 2.79. The number of nitrogens with zero attached hydrogens (tertiary/aromatic N) is 1. The van der Waals surface area contributed by atoms with Gasteiger partial charge in [-0.15, -0.1) is 0 Å². The SMILES string of the molecule is CCCCc1ccc(NC(=O)/C(C#N)=C/c2ccc3cc(OC)ccc3c2)cc1. The number of benzene rings is 3. The zero-order chi connectivity index (χ0) is 20.6. The second-order valence-electron chi connectivity index (χ2n) is 6.90. The summed E-state index contributed by atoms with van der Waals surface area (Å²) in [6.45, 7) is 2.16. The molecule has 0 aromatic heterocycles. The molecule has 0 aliphatic rings. The van der Waals surface area contributed by atoms with Gasteiger partial charge in [0.25, 0.3) is 5.91 Å². The number of anilines is 1. The molecule has 4 nitrogen and oxygen atoms in total. The molecular weight excluding hydrogens is 360 g/mol. The van der Waals surface area contributed by atoms with E-state index in [0.29, 0.717) is 5.69 Å². The van der Waals surface area contributed by atoms with Crippen molar-refractivity contribution in [3.8, 4) is 11.8 Å². The lowest BCUT2D eigenvalue weighted by molar-refractivity contribution is -0.112. The van der Waals surface area contributed by atoms with Crippen LogP contribution in [0, 0.1) is 11.3 Å². The third kappa shape index (κ3) is 5.24. The van der Waals surface area contributed by atoms with E-state index in [0.717, 1.165) is 41.3 Å². The summed E-state index contributed by atoms with van der Waals surface area (Å²) in [5.74, 6) is 0.377. The third-order valence-corrected chi connectivity index (χ3v) is 4.78. The molecule has 0 saturated heterocycles. The number of carbonyl (C=O) groups is 1. The lowest BCUT2D eigenvalue weighted by atomic mass is 10.0. The molecule has 0 radical (unpaired) electrons. The molecule has 0 aliphatic heterocycles. The molecule has 0 aliphatic carbocycles. The van der Waals surface area contributed by atoms with Crippen LogP contribution in [0.5, 0.6) is 5.75 Å². The van der Waals surface area contributed by atoms with Crippen LogP contribution in [0.15, 0.2) is 66.2 Å². The Kier molecular flexibility index (Phi) is 6.65. The Morgan fingerprint density at radius 1 is 1.07 bits per heavy atom. The van der Waals surface area contributed by atoms with Crippen molar-refractivity contribution in [2.24, 2.45) is 0 Å². The summed E-state index contributed by atoms with van der Waals surface area (Å²) in [4.78, 5) is 12.5. The van der Waals surface area contributed by atoms with E-state index >= 15 is 0 Å². The van der Waals surface area contributed by atoms with E-state index in [1.807, 2.05) is 66.7 Å². The second-order valence-corrected chi connectivity index (χ2v) is 6.90. The minimum absolute atomic E-state index is 0.0629. The molecule has 0 saturated carbocycles. The van der Waals surface area contributed by atoms with E-state index < -0.39 is 5.91 Å². The van der Waals surface area contributed by atoms with Crippen LogP contribution in [0.4, 0.5) is 5.69 Å². The first kappa shape index (κ1) is 20.2. The quantitative estimate of drug-likeness (QED) is 0.417. The van der Waals surface area contributed by atoms with Gasteiger partial charge in [-0.2, -0.15) is 5.26 Å². The number of ether oxygens (including phenoxy) is 1. The van der Waals surface area contributed by atoms with Gasteiger partial charge >= 0.3 is 0 Å². The fourth-order valence-corrected chi connectivity index (χ4v) is 3.11. The predicted octanol–water partition coefficient (Wildman–Crippen LogP) is 5.74. The number of carbonyl (C=O) groups excluding carboxylic acids is 1. The molecule has 3 aromatic carbocycles. The lowest BCUT2D eigenvalue weighted by Gasteiger charge is -2.07. The van der Waals surface area contributed by atoms with Gasteiger partial charge in [-0.3, -0.25) is 4.79 Å². The van der Waals surface area contributed by atoms with Crippen LogP contribution >= 0.6 is 0 Å². The molecule has 146 valence electrons. The summed E-state index contributed by atoms with van der Waals surface area (Å²) >= 11 is 0.